The van der Waals surface area contributed by atoms with Gasteiger partial charge in [-0.05, 0) is 19.8 Å². The summed E-state index contributed by atoms with van der Waals surface area (Å²) < 4.78 is 5.25. The molecular formula is C11H21N3OS. The van der Waals surface area contributed by atoms with E-state index >= 15 is 0 Å². The summed E-state index contributed by atoms with van der Waals surface area (Å²) in [6, 6.07) is 0.241. The number of rotatable bonds is 6. The van der Waals surface area contributed by atoms with Crippen LogP contribution in [0.3, 0.4) is 0 Å². The number of hydrogen-bond donors (Lipinski definition) is 1. The zero-order chi connectivity index (χ0) is 12.1. The monoisotopic (exact) mass is 243 g/mol. The topological polar surface area (TPSA) is 47.0 Å². The van der Waals surface area contributed by atoms with Crippen LogP contribution in [0.15, 0.2) is 0 Å². The summed E-state index contributed by atoms with van der Waals surface area (Å²) in [5.74, 6) is 0.621. The number of nitrogens with zero attached hydrogens (tertiary/aromatic N) is 2. The Bertz CT molecular complexity index is 314. The first kappa shape index (κ1) is 13.4. The van der Waals surface area contributed by atoms with Gasteiger partial charge in [0.15, 0.2) is 0 Å². The summed E-state index contributed by atoms with van der Waals surface area (Å²) in [6.45, 7) is 8.49. The minimum atomic E-state index is 0.164. The fourth-order valence-corrected chi connectivity index (χ4v) is 2.31. The van der Waals surface area contributed by atoms with Crippen LogP contribution in [0, 0.1) is 5.92 Å². The van der Waals surface area contributed by atoms with Gasteiger partial charge in [0.25, 0.3) is 0 Å². The van der Waals surface area contributed by atoms with Crippen LogP contribution in [-0.4, -0.2) is 29.5 Å². The molecule has 16 heavy (non-hydrogen) atoms. The van der Waals surface area contributed by atoms with Crippen molar-refractivity contribution in [2.24, 2.45) is 5.92 Å². The molecule has 2 atom stereocenters. The van der Waals surface area contributed by atoms with Gasteiger partial charge in [-0.15, -0.1) is 10.2 Å². The highest BCUT2D eigenvalue weighted by molar-refractivity contribution is 7.15. The van der Waals surface area contributed by atoms with Crippen LogP contribution < -0.4 is 5.32 Å². The smallest absolute Gasteiger partial charge is 0.205 e. The van der Waals surface area contributed by atoms with Crippen LogP contribution in [0.25, 0.3) is 0 Å². The van der Waals surface area contributed by atoms with Crippen molar-refractivity contribution in [3.63, 3.8) is 0 Å². The van der Waals surface area contributed by atoms with Gasteiger partial charge in [0.05, 0.1) is 12.1 Å². The van der Waals surface area contributed by atoms with E-state index in [9.17, 15) is 0 Å². The van der Waals surface area contributed by atoms with Gasteiger partial charge in [0.2, 0.25) is 5.13 Å². The van der Waals surface area contributed by atoms with Crippen molar-refractivity contribution in [1.82, 2.24) is 10.2 Å². The maximum Gasteiger partial charge on any atom is 0.205 e. The predicted molar refractivity (Wildman–Crippen MR) is 68.0 cm³/mol. The molecule has 0 radical (unpaired) electrons. The first-order valence-electron chi connectivity index (χ1n) is 5.64. The molecule has 0 spiro atoms. The van der Waals surface area contributed by atoms with Crippen molar-refractivity contribution in [2.75, 3.05) is 12.4 Å². The Labute approximate surface area is 101 Å². The van der Waals surface area contributed by atoms with Crippen LogP contribution in [-0.2, 0) is 11.2 Å². The molecule has 1 aromatic rings. The lowest BCUT2D eigenvalue weighted by atomic mass is 10.1. The maximum absolute atomic E-state index is 5.25. The van der Waals surface area contributed by atoms with Gasteiger partial charge in [-0.3, -0.25) is 0 Å². The second-order valence-electron chi connectivity index (χ2n) is 4.47. The van der Waals surface area contributed by atoms with E-state index in [1.807, 2.05) is 6.92 Å². The predicted octanol–water partition coefficient (Wildman–Crippen LogP) is 2.57. The van der Waals surface area contributed by atoms with E-state index in [0.717, 1.165) is 16.6 Å². The zero-order valence-electron chi connectivity index (χ0n) is 10.7. The highest BCUT2D eigenvalue weighted by Crippen LogP contribution is 2.19. The molecule has 0 aliphatic heterocycles. The van der Waals surface area contributed by atoms with Crippen LogP contribution in [0.5, 0.6) is 0 Å². The van der Waals surface area contributed by atoms with E-state index in [1.165, 1.54) is 0 Å². The second-order valence-corrected chi connectivity index (χ2v) is 5.53. The molecule has 0 saturated carbocycles. The average molecular weight is 243 g/mol. The molecule has 1 aromatic heterocycles. The minimum Gasteiger partial charge on any atom is -0.380 e. The fourth-order valence-electron chi connectivity index (χ4n) is 1.26. The molecule has 5 heteroatoms. The molecule has 0 saturated heterocycles. The Kier molecular flexibility index (Phi) is 5.15. The highest BCUT2D eigenvalue weighted by Gasteiger charge is 2.13. The fraction of sp³-hybridized carbons (Fsp3) is 0.818. The summed E-state index contributed by atoms with van der Waals surface area (Å²) in [7, 11) is 1.72. The summed E-state index contributed by atoms with van der Waals surface area (Å²) in [6.07, 6.45) is 1.16. The Morgan fingerprint density at radius 1 is 1.25 bits per heavy atom. The van der Waals surface area contributed by atoms with E-state index in [2.05, 4.69) is 36.3 Å². The van der Waals surface area contributed by atoms with Crippen molar-refractivity contribution < 1.29 is 4.74 Å². The van der Waals surface area contributed by atoms with E-state index in [-0.39, 0.29) is 12.1 Å². The van der Waals surface area contributed by atoms with Gasteiger partial charge < -0.3 is 10.1 Å². The van der Waals surface area contributed by atoms with Gasteiger partial charge in [-0.25, -0.2) is 0 Å². The third kappa shape index (κ3) is 4.06. The largest absolute Gasteiger partial charge is 0.380 e. The molecule has 0 aliphatic carbocycles. The van der Waals surface area contributed by atoms with E-state index in [1.54, 1.807) is 18.4 Å². The average Bonchev–Trinajstić information content (AvgIpc) is 2.63. The highest BCUT2D eigenvalue weighted by atomic mass is 32.1. The SMILES string of the molecule is COC(C)C(C)Nc1nnc(CC(C)C)s1. The zero-order valence-corrected chi connectivity index (χ0v) is 11.5. The first-order valence-corrected chi connectivity index (χ1v) is 6.46. The number of anilines is 1. The molecule has 1 heterocycles. The number of aromatic nitrogens is 2. The van der Waals surface area contributed by atoms with Crippen LogP contribution >= 0.6 is 11.3 Å². The molecule has 0 aliphatic rings. The molecular weight excluding hydrogens is 222 g/mol. The molecule has 0 amide bonds. The maximum atomic E-state index is 5.25. The Hall–Kier alpha value is -0.680. The molecule has 1 N–H and O–H groups in total. The van der Waals surface area contributed by atoms with E-state index in [4.69, 9.17) is 4.74 Å². The lowest BCUT2D eigenvalue weighted by Crippen LogP contribution is -2.29. The molecule has 0 fully saturated rings. The third-order valence-electron chi connectivity index (χ3n) is 2.48. The van der Waals surface area contributed by atoms with Crippen LogP contribution in [0.2, 0.25) is 0 Å². The lowest BCUT2D eigenvalue weighted by molar-refractivity contribution is 0.106. The van der Waals surface area contributed by atoms with Gasteiger partial charge >= 0.3 is 0 Å². The van der Waals surface area contributed by atoms with Crippen molar-refractivity contribution in [1.29, 1.82) is 0 Å². The Morgan fingerprint density at radius 2 is 1.94 bits per heavy atom. The number of ether oxygens (including phenoxy) is 1. The summed E-state index contributed by atoms with van der Waals surface area (Å²) >= 11 is 1.63. The lowest BCUT2D eigenvalue weighted by Gasteiger charge is -2.18. The third-order valence-corrected chi connectivity index (χ3v) is 3.35. The summed E-state index contributed by atoms with van der Waals surface area (Å²) in [5.41, 5.74) is 0. The van der Waals surface area contributed by atoms with Gasteiger partial charge in [0, 0.05) is 13.5 Å². The quantitative estimate of drug-likeness (QED) is 0.834. The number of methoxy groups -OCH3 is 1. The summed E-state index contributed by atoms with van der Waals surface area (Å²) in [4.78, 5) is 0. The Morgan fingerprint density at radius 3 is 2.50 bits per heavy atom. The standard InChI is InChI=1S/C11H21N3OS/c1-7(2)6-10-13-14-11(16-10)12-8(3)9(4)15-5/h7-9H,6H2,1-5H3,(H,12,14). The normalized spacial score (nSPS) is 15.1. The van der Waals surface area contributed by atoms with Crippen molar-refractivity contribution in [3.8, 4) is 0 Å². The summed E-state index contributed by atoms with van der Waals surface area (Å²) in [5, 5.41) is 13.6. The van der Waals surface area contributed by atoms with Gasteiger partial charge in [-0.1, -0.05) is 25.2 Å². The van der Waals surface area contributed by atoms with Crippen molar-refractivity contribution in [3.05, 3.63) is 5.01 Å². The molecule has 4 nitrogen and oxygen atoms in total. The van der Waals surface area contributed by atoms with Gasteiger partial charge in [-0.2, -0.15) is 0 Å². The van der Waals surface area contributed by atoms with E-state index < -0.39 is 0 Å². The molecule has 1 rings (SSSR count). The number of nitrogens with one attached hydrogen (secondary N) is 1. The van der Waals surface area contributed by atoms with Crippen molar-refractivity contribution >= 4 is 16.5 Å². The molecule has 2 unspecified atom stereocenters. The first-order chi connectivity index (χ1) is 7.52. The minimum absolute atomic E-state index is 0.164. The van der Waals surface area contributed by atoms with E-state index in [0.29, 0.717) is 5.92 Å². The second kappa shape index (κ2) is 6.15. The Balaban J connectivity index is 2.51. The molecule has 0 aromatic carbocycles. The molecule has 0 bridgehead atoms. The van der Waals surface area contributed by atoms with Gasteiger partial charge in [0.1, 0.15) is 5.01 Å². The van der Waals surface area contributed by atoms with Crippen LogP contribution in [0.4, 0.5) is 5.13 Å². The van der Waals surface area contributed by atoms with Crippen molar-refractivity contribution in [2.45, 2.75) is 46.3 Å². The van der Waals surface area contributed by atoms with Crippen LogP contribution in [0.1, 0.15) is 32.7 Å². The number of hydrogen-bond acceptors (Lipinski definition) is 5. The molecule has 92 valence electrons.